The predicted molar refractivity (Wildman–Crippen MR) is 193 cm³/mol. The van der Waals surface area contributed by atoms with E-state index in [9.17, 15) is 25.4 Å². The molecule has 1 aliphatic heterocycles. The highest BCUT2D eigenvalue weighted by atomic mass is 35.5. The first-order chi connectivity index (χ1) is 24.6. The third-order valence-corrected chi connectivity index (χ3v) is 9.23. The molecule has 4 N–H and O–H groups in total. The van der Waals surface area contributed by atoms with E-state index in [4.69, 9.17) is 25.8 Å². The molecule has 51 heavy (non-hydrogen) atoms. The van der Waals surface area contributed by atoms with Crippen LogP contribution in [0.5, 0.6) is 17.2 Å². The largest absolute Gasteiger partial charge is 0.493 e. The fourth-order valence-corrected chi connectivity index (χ4v) is 6.04. The summed E-state index contributed by atoms with van der Waals surface area (Å²) in [5.41, 5.74) is 4.04. The summed E-state index contributed by atoms with van der Waals surface area (Å²) >= 11 is 6.68. The second-order valence-electron chi connectivity index (χ2n) is 12.9. The van der Waals surface area contributed by atoms with Crippen LogP contribution < -0.4 is 19.5 Å². The fourth-order valence-electron chi connectivity index (χ4n) is 5.80. The average Bonchev–Trinajstić information content (AvgIpc) is 3.56. The SMILES string of the molecule is Cc1c(OCCCN2CC[C@@H](O)C2)cccc1-c1cccc(COc2cc(OCc3cncc(C#N)c3)c(CNC(C)(CO)C(=O)O)cc2Cl)c1. The number of nitrogens with one attached hydrogen (secondary N) is 1. The van der Waals surface area contributed by atoms with Crippen LogP contribution in [-0.4, -0.2) is 75.7 Å². The Morgan fingerprint density at radius 1 is 1.06 bits per heavy atom. The number of ether oxygens (including phenoxy) is 3. The van der Waals surface area contributed by atoms with Crippen LogP contribution in [0, 0.1) is 18.3 Å². The maximum atomic E-state index is 11.8. The molecule has 0 radical (unpaired) electrons. The van der Waals surface area contributed by atoms with Crippen molar-refractivity contribution in [1.82, 2.24) is 15.2 Å². The van der Waals surface area contributed by atoms with Crippen molar-refractivity contribution in [2.75, 3.05) is 32.8 Å². The highest BCUT2D eigenvalue weighted by Gasteiger charge is 2.32. The van der Waals surface area contributed by atoms with Crippen molar-refractivity contribution in [2.24, 2.45) is 0 Å². The van der Waals surface area contributed by atoms with Gasteiger partial charge in [-0.2, -0.15) is 5.26 Å². The molecule has 5 rings (SSSR count). The molecule has 2 atom stereocenters. The molecular weight excluding hydrogens is 672 g/mol. The average molecular weight is 715 g/mol. The number of aliphatic hydroxyl groups excluding tert-OH is 2. The lowest BCUT2D eigenvalue weighted by molar-refractivity contribution is -0.145. The first-order valence-corrected chi connectivity index (χ1v) is 17.2. The minimum absolute atomic E-state index is 0.0297. The highest BCUT2D eigenvalue weighted by Crippen LogP contribution is 2.35. The Hall–Kier alpha value is -4.70. The lowest BCUT2D eigenvalue weighted by Gasteiger charge is -2.25. The summed E-state index contributed by atoms with van der Waals surface area (Å²) in [6, 6.07) is 21.1. The Morgan fingerprint density at radius 3 is 2.59 bits per heavy atom. The van der Waals surface area contributed by atoms with Gasteiger partial charge >= 0.3 is 5.97 Å². The fraction of sp³-hybridized carbons (Fsp3) is 0.359. The van der Waals surface area contributed by atoms with E-state index >= 15 is 0 Å². The van der Waals surface area contributed by atoms with Gasteiger partial charge in [-0.25, -0.2) is 0 Å². The van der Waals surface area contributed by atoms with Gasteiger partial charge in [0.2, 0.25) is 0 Å². The molecule has 0 saturated carbocycles. The number of aliphatic carboxylic acids is 1. The Balaban J connectivity index is 1.29. The van der Waals surface area contributed by atoms with Crippen LogP contribution >= 0.6 is 11.6 Å². The first kappa shape index (κ1) is 37.6. The summed E-state index contributed by atoms with van der Waals surface area (Å²) in [6.07, 6.45) is 4.55. The minimum atomic E-state index is -1.59. The van der Waals surface area contributed by atoms with Crippen molar-refractivity contribution in [1.29, 1.82) is 5.26 Å². The van der Waals surface area contributed by atoms with Gasteiger partial charge in [-0.1, -0.05) is 41.9 Å². The molecule has 268 valence electrons. The molecule has 3 aromatic carbocycles. The number of carbonyl (C=O) groups is 1. The summed E-state index contributed by atoms with van der Waals surface area (Å²) in [5.74, 6) is 0.379. The number of nitriles is 1. The molecule has 2 heterocycles. The number of aromatic nitrogens is 1. The number of hydrogen-bond acceptors (Lipinski definition) is 10. The van der Waals surface area contributed by atoms with Crippen LogP contribution in [-0.2, 0) is 24.6 Å². The van der Waals surface area contributed by atoms with Gasteiger partial charge in [-0.15, -0.1) is 0 Å². The first-order valence-electron chi connectivity index (χ1n) is 16.8. The lowest BCUT2D eigenvalue weighted by Crippen LogP contribution is -2.52. The third kappa shape index (κ3) is 9.97. The summed E-state index contributed by atoms with van der Waals surface area (Å²) < 4.78 is 18.5. The molecule has 0 spiro atoms. The number of β-amino-alcohol motifs (C(OH)–C–C–N with tert-alkyl or cyclic N) is 1. The van der Waals surface area contributed by atoms with Gasteiger partial charge in [-0.05, 0) is 73.2 Å². The highest BCUT2D eigenvalue weighted by molar-refractivity contribution is 6.32. The monoisotopic (exact) mass is 714 g/mol. The summed E-state index contributed by atoms with van der Waals surface area (Å²) in [5, 5.41) is 41.5. The molecule has 11 nitrogen and oxygen atoms in total. The smallest absolute Gasteiger partial charge is 0.326 e. The van der Waals surface area contributed by atoms with E-state index in [1.807, 2.05) is 30.3 Å². The zero-order chi connectivity index (χ0) is 36.4. The Labute approximate surface area is 303 Å². The van der Waals surface area contributed by atoms with Crippen molar-refractivity contribution in [3.8, 4) is 34.4 Å². The van der Waals surface area contributed by atoms with Gasteiger partial charge in [-0.3, -0.25) is 15.1 Å². The number of carboxylic acid groups (broad SMARTS) is 1. The van der Waals surface area contributed by atoms with Gasteiger partial charge in [0.25, 0.3) is 0 Å². The van der Waals surface area contributed by atoms with E-state index in [1.165, 1.54) is 13.1 Å². The van der Waals surface area contributed by atoms with E-state index < -0.39 is 18.1 Å². The maximum absolute atomic E-state index is 11.8. The van der Waals surface area contributed by atoms with Crippen LogP contribution in [0.3, 0.4) is 0 Å². The molecule has 0 bridgehead atoms. The van der Waals surface area contributed by atoms with Crippen molar-refractivity contribution in [2.45, 2.75) is 58.1 Å². The van der Waals surface area contributed by atoms with E-state index in [2.05, 4.69) is 40.3 Å². The molecule has 1 aliphatic rings. The number of hydrogen-bond donors (Lipinski definition) is 4. The quantitative estimate of drug-likeness (QED) is 0.102. The van der Waals surface area contributed by atoms with Gasteiger partial charge in [0.1, 0.15) is 42.1 Å². The van der Waals surface area contributed by atoms with Gasteiger partial charge < -0.3 is 34.4 Å². The predicted octanol–water partition coefficient (Wildman–Crippen LogP) is 5.50. The molecule has 0 amide bonds. The number of aliphatic hydroxyl groups is 2. The molecule has 1 fully saturated rings. The van der Waals surface area contributed by atoms with E-state index in [1.54, 1.807) is 24.4 Å². The maximum Gasteiger partial charge on any atom is 0.326 e. The molecule has 4 aromatic rings. The molecule has 1 saturated heterocycles. The van der Waals surface area contributed by atoms with Gasteiger partial charge in [0.05, 0.1) is 29.9 Å². The van der Waals surface area contributed by atoms with Crippen LogP contribution in [0.15, 0.2) is 73.1 Å². The van der Waals surface area contributed by atoms with Crippen molar-refractivity contribution >= 4 is 17.6 Å². The molecule has 1 aromatic heterocycles. The number of nitrogens with zero attached hydrogens (tertiary/aromatic N) is 3. The van der Waals surface area contributed by atoms with E-state index in [-0.39, 0.29) is 25.9 Å². The minimum Gasteiger partial charge on any atom is -0.493 e. The van der Waals surface area contributed by atoms with E-state index in [0.717, 1.165) is 60.5 Å². The zero-order valence-electron chi connectivity index (χ0n) is 28.8. The van der Waals surface area contributed by atoms with Gasteiger partial charge in [0, 0.05) is 55.8 Å². The van der Waals surface area contributed by atoms with Crippen molar-refractivity contribution in [3.63, 3.8) is 0 Å². The second-order valence-corrected chi connectivity index (χ2v) is 13.3. The molecule has 0 aliphatic carbocycles. The van der Waals surface area contributed by atoms with Crippen LogP contribution in [0.1, 0.15) is 47.6 Å². The second kappa shape index (κ2) is 17.5. The number of halogens is 1. The normalized spacial score (nSPS) is 15.6. The van der Waals surface area contributed by atoms with Crippen molar-refractivity contribution in [3.05, 3.63) is 106 Å². The Morgan fingerprint density at radius 2 is 1.84 bits per heavy atom. The van der Waals surface area contributed by atoms with Gasteiger partial charge in [0.15, 0.2) is 0 Å². The standard InChI is InChI=1S/C39H43ClN4O7/c1-26-33(8-4-9-35(26)49-13-5-11-44-12-10-32(46)22-44)30-7-3-6-27(15-30)23-51-37-17-36(50-24-29-14-28(18-41)19-42-20-29)31(16-34(37)40)21-43-39(2,25-45)38(47)48/h3-4,6-9,14-17,19-20,32,43,45-46H,5,10-13,21-25H2,1-2H3,(H,47,48)/t32-,39?/m1/s1. The molecule has 1 unspecified atom stereocenters. The Kier molecular flexibility index (Phi) is 12.9. The van der Waals surface area contributed by atoms with Crippen LogP contribution in [0.4, 0.5) is 0 Å². The number of pyridine rings is 1. The zero-order valence-corrected chi connectivity index (χ0v) is 29.5. The van der Waals surface area contributed by atoms with Crippen LogP contribution in [0.25, 0.3) is 11.1 Å². The van der Waals surface area contributed by atoms with E-state index in [0.29, 0.717) is 39.8 Å². The number of rotatable bonds is 17. The molecular formula is C39H43ClN4O7. The summed E-state index contributed by atoms with van der Waals surface area (Å²) in [6.45, 7) is 6.28. The summed E-state index contributed by atoms with van der Waals surface area (Å²) in [4.78, 5) is 18.1. The topological polar surface area (TPSA) is 157 Å². The number of carboxylic acids is 1. The van der Waals surface area contributed by atoms with Crippen molar-refractivity contribution < 1.29 is 34.3 Å². The van der Waals surface area contributed by atoms with Crippen LogP contribution in [0.2, 0.25) is 5.02 Å². The Bertz CT molecular complexity index is 1870. The number of likely N-dealkylation sites (tertiary alicyclic amines) is 1. The third-order valence-electron chi connectivity index (χ3n) is 8.93. The summed E-state index contributed by atoms with van der Waals surface area (Å²) in [7, 11) is 0. The molecule has 12 heteroatoms. The lowest BCUT2D eigenvalue weighted by atomic mass is 9.98. The number of benzene rings is 3.